The molecule has 4 heteroatoms. The molecule has 16 heavy (non-hydrogen) atoms. The van der Waals surface area contributed by atoms with Crippen LogP contribution in [0.2, 0.25) is 0 Å². The molecule has 1 aromatic carbocycles. The molecule has 1 rings (SSSR count). The number of rotatable bonds is 5. The van der Waals surface area contributed by atoms with Gasteiger partial charge in [0.05, 0.1) is 12.1 Å². The Hall–Kier alpha value is -1.94. The third-order valence-corrected chi connectivity index (χ3v) is 1.77. The number of nitrogens with one attached hydrogen (secondary N) is 1. The van der Waals surface area contributed by atoms with Gasteiger partial charge in [0.1, 0.15) is 0 Å². The molecule has 0 heterocycles. The summed E-state index contributed by atoms with van der Waals surface area (Å²) in [6.45, 7) is 3.97. The number of hydrogen-bond donors (Lipinski definition) is 1. The molecule has 0 aliphatic rings. The van der Waals surface area contributed by atoms with E-state index in [4.69, 9.17) is 0 Å². The van der Waals surface area contributed by atoms with Crippen molar-refractivity contribution < 1.29 is 14.3 Å². The van der Waals surface area contributed by atoms with Crippen LogP contribution in [0.5, 0.6) is 0 Å². The molecule has 0 bridgehead atoms. The van der Waals surface area contributed by atoms with Gasteiger partial charge in [-0.15, -0.1) is 6.58 Å². The highest BCUT2D eigenvalue weighted by atomic mass is 16.6. The van der Waals surface area contributed by atoms with Crippen molar-refractivity contribution in [3.05, 3.63) is 48.6 Å². The van der Waals surface area contributed by atoms with E-state index in [0.717, 1.165) is 0 Å². The lowest BCUT2D eigenvalue weighted by Gasteiger charge is -2.03. The second kappa shape index (κ2) is 6.53. The Balaban J connectivity index is 2.40. The van der Waals surface area contributed by atoms with Gasteiger partial charge >= 0.3 is 11.9 Å². The smallest absolute Gasteiger partial charge is 0.345 e. The lowest BCUT2D eigenvalue weighted by Crippen LogP contribution is -2.26. The van der Waals surface area contributed by atoms with E-state index in [1.54, 1.807) is 36.4 Å². The Bertz CT molecular complexity index is 373. The zero-order valence-corrected chi connectivity index (χ0v) is 8.81. The van der Waals surface area contributed by atoms with Crippen LogP contribution in [0.25, 0.3) is 0 Å². The summed E-state index contributed by atoms with van der Waals surface area (Å²) in [4.78, 5) is 22.6. The molecule has 0 fully saturated rings. The molecule has 4 nitrogen and oxygen atoms in total. The predicted molar refractivity (Wildman–Crippen MR) is 59.9 cm³/mol. The average molecular weight is 219 g/mol. The molecule has 0 amide bonds. The molecule has 0 aliphatic carbocycles. The largest absolute Gasteiger partial charge is 0.388 e. The first-order chi connectivity index (χ1) is 7.74. The Morgan fingerprint density at radius 2 is 2.00 bits per heavy atom. The first-order valence-electron chi connectivity index (χ1n) is 4.85. The molecule has 0 spiro atoms. The maximum atomic E-state index is 11.4. The lowest BCUT2D eigenvalue weighted by molar-refractivity contribution is -0.136. The second-order valence-corrected chi connectivity index (χ2v) is 3.05. The van der Waals surface area contributed by atoms with Crippen LogP contribution in [0.15, 0.2) is 43.0 Å². The fraction of sp³-hybridized carbons (Fsp3) is 0.167. The minimum Gasteiger partial charge on any atom is -0.388 e. The Kier molecular flexibility index (Phi) is 4.95. The maximum absolute atomic E-state index is 11.4. The topological polar surface area (TPSA) is 55.4 Å². The standard InChI is InChI=1S/C12H13NO3/c1-2-8-13-9-11(14)16-12(15)10-6-4-3-5-7-10/h2-7,13H,1,8-9H2. The van der Waals surface area contributed by atoms with Gasteiger partial charge in [0, 0.05) is 6.54 Å². The van der Waals surface area contributed by atoms with Crippen LogP contribution in [-0.2, 0) is 9.53 Å². The third-order valence-electron chi connectivity index (χ3n) is 1.77. The van der Waals surface area contributed by atoms with Crippen LogP contribution in [0.3, 0.4) is 0 Å². The minimum atomic E-state index is -0.633. The summed E-state index contributed by atoms with van der Waals surface area (Å²) in [6.07, 6.45) is 1.62. The van der Waals surface area contributed by atoms with E-state index in [2.05, 4.69) is 16.6 Å². The van der Waals surface area contributed by atoms with Crippen LogP contribution < -0.4 is 5.32 Å². The number of carbonyl (C=O) groups excluding carboxylic acids is 2. The van der Waals surface area contributed by atoms with Gasteiger partial charge in [-0.2, -0.15) is 0 Å². The van der Waals surface area contributed by atoms with Crippen LogP contribution >= 0.6 is 0 Å². The van der Waals surface area contributed by atoms with Gasteiger partial charge in [-0.1, -0.05) is 24.3 Å². The molecule has 0 saturated heterocycles. The Morgan fingerprint density at radius 1 is 1.31 bits per heavy atom. The van der Waals surface area contributed by atoms with Crippen molar-refractivity contribution in [3.8, 4) is 0 Å². The number of benzene rings is 1. The fourth-order valence-electron chi connectivity index (χ4n) is 1.05. The van der Waals surface area contributed by atoms with E-state index in [9.17, 15) is 9.59 Å². The normalized spacial score (nSPS) is 9.50. The van der Waals surface area contributed by atoms with Gasteiger partial charge < -0.3 is 10.1 Å². The van der Waals surface area contributed by atoms with Gasteiger partial charge in [0.2, 0.25) is 0 Å². The monoisotopic (exact) mass is 219 g/mol. The molecular formula is C12H13NO3. The van der Waals surface area contributed by atoms with Crippen molar-refractivity contribution in [2.45, 2.75) is 0 Å². The Morgan fingerprint density at radius 3 is 2.62 bits per heavy atom. The molecule has 1 N–H and O–H groups in total. The van der Waals surface area contributed by atoms with E-state index in [1.807, 2.05) is 0 Å². The SMILES string of the molecule is C=CCNCC(=O)OC(=O)c1ccccc1. The van der Waals surface area contributed by atoms with Crippen molar-refractivity contribution in [3.63, 3.8) is 0 Å². The quantitative estimate of drug-likeness (QED) is 0.349. The average Bonchev–Trinajstić information content (AvgIpc) is 2.30. The summed E-state index contributed by atoms with van der Waals surface area (Å²) in [6, 6.07) is 8.37. The third kappa shape index (κ3) is 4.06. The molecule has 0 atom stereocenters. The van der Waals surface area contributed by atoms with E-state index < -0.39 is 11.9 Å². The van der Waals surface area contributed by atoms with Crippen molar-refractivity contribution in [1.82, 2.24) is 5.32 Å². The number of hydrogen-bond acceptors (Lipinski definition) is 4. The highest BCUT2D eigenvalue weighted by Crippen LogP contribution is 2.00. The van der Waals surface area contributed by atoms with Crippen LogP contribution in [0, 0.1) is 0 Å². The van der Waals surface area contributed by atoms with Gasteiger partial charge in [-0.3, -0.25) is 4.79 Å². The molecule has 0 aliphatic heterocycles. The van der Waals surface area contributed by atoms with Gasteiger partial charge in [0.25, 0.3) is 0 Å². The van der Waals surface area contributed by atoms with Crippen molar-refractivity contribution in [2.24, 2.45) is 0 Å². The molecule has 84 valence electrons. The van der Waals surface area contributed by atoms with Crippen LogP contribution in [0.4, 0.5) is 0 Å². The number of carbonyl (C=O) groups is 2. The van der Waals surface area contributed by atoms with E-state index in [-0.39, 0.29) is 6.54 Å². The first kappa shape index (κ1) is 12.1. The minimum absolute atomic E-state index is 0.00933. The van der Waals surface area contributed by atoms with E-state index >= 15 is 0 Å². The van der Waals surface area contributed by atoms with Crippen molar-refractivity contribution >= 4 is 11.9 Å². The van der Waals surface area contributed by atoms with Crippen molar-refractivity contribution in [1.29, 1.82) is 0 Å². The molecular weight excluding hydrogens is 206 g/mol. The van der Waals surface area contributed by atoms with Crippen molar-refractivity contribution in [2.75, 3.05) is 13.1 Å². The second-order valence-electron chi connectivity index (χ2n) is 3.05. The fourth-order valence-corrected chi connectivity index (χ4v) is 1.05. The summed E-state index contributed by atoms with van der Waals surface area (Å²) in [5, 5.41) is 2.75. The predicted octanol–water partition coefficient (Wildman–Crippen LogP) is 1.15. The zero-order valence-electron chi connectivity index (χ0n) is 8.81. The molecule has 1 aromatic rings. The lowest BCUT2D eigenvalue weighted by atomic mass is 10.2. The maximum Gasteiger partial charge on any atom is 0.345 e. The molecule has 0 unspecified atom stereocenters. The molecule has 0 radical (unpaired) electrons. The van der Waals surface area contributed by atoms with Crippen LogP contribution in [0.1, 0.15) is 10.4 Å². The van der Waals surface area contributed by atoms with Crippen LogP contribution in [-0.4, -0.2) is 25.0 Å². The number of ether oxygens (including phenoxy) is 1. The molecule has 0 saturated carbocycles. The van der Waals surface area contributed by atoms with Gasteiger partial charge in [-0.25, -0.2) is 4.79 Å². The summed E-state index contributed by atoms with van der Waals surface area (Å²) >= 11 is 0. The Labute approximate surface area is 93.9 Å². The van der Waals surface area contributed by atoms with E-state index in [0.29, 0.717) is 12.1 Å². The summed E-state index contributed by atoms with van der Waals surface area (Å²) in [5.74, 6) is -1.23. The van der Waals surface area contributed by atoms with E-state index in [1.165, 1.54) is 0 Å². The van der Waals surface area contributed by atoms with Gasteiger partial charge in [-0.05, 0) is 12.1 Å². The van der Waals surface area contributed by atoms with Gasteiger partial charge in [0.15, 0.2) is 0 Å². The first-order valence-corrected chi connectivity index (χ1v) is 4.85. The highest BCUT2D eigenvalue weighted by Gasteiger charge is 2.11. The summed E-state index contributed by atoms with van der Waals surface area (Å²) in [7, 11) is 0. The number of esters is 2. The summed E-state index contributed by atoms with van der Waals surface area (Å²) < 4.78 is 4.61. The summed E-state index contributed by atoms with van der Waals surface area (Å²) in [5.41, 5.74) is 0.361. The highest BCUT2D eigenvalue weighted by molar-refractivity contribution is 5.97. The molecule has 0 aromatic heterocycles. The zero-order chi connectivity index (χ0) is 11.8.